The van der Waals surface area contributed by atoms with Crippen LogP contribution in [0.1, 0.15) is 65.7 Å². The number of carbonyl (C=O) groups is 2. The van der Waals surface area contributed by atoms with Crippen molar-refractivity contribution in [2.45, 2.75) is 65.7 Å². The first kappa shape index (κ1) is 22.7. The molecule has 0 aliphatic rings. The molecule has 0 spiro atoms. The monoisotopic (exact) mass is 312 g/mol. The van der Waals surface area contributed by atoms with Gasteiger partial charge in [0.15, 0.2) is 0 Å². The molecule has 0 bridgehead atoms. The van der Waals surface area contributed by atoms with Crippen molar-refractivity contribution in [1.82, 2.24) is 0 Å². The molecule has 0 amide bonds. The summed E-state index contributed by atoms with van der Waals surface area (Å²) >= 11 is 0. The van der Waals surface area contributed by atoms with Crippen LogP contribution in [0.4, 0.5) is 0 Å². The molecule has 0 N–H and O–H groups in total. The molecule has 0 aromatic heterocycles. The molecular weight excluding hydrogens is 280 g/mol. The van der Waals surface area contributed by atoms with Crippen LogP contribution >= 0.6 is 0 Å². The average Bonchev–Trinajstić information content (AvgIpc) is 2.51. The smallest absolute Gasteiger partial charge is 0.333 e. The van der Waals surface area contributed by atoms with Crippen LogP contribution in [0.5, 0.6) is 0 Å². The van der Waals surface area contributed by atoms with Crippen LogP contribution in [0, 0.1) is 0 Å². The standard InChI is InChI=1S/2C9H16O2/c1-4-5-6-7-11-9(10)8(2)3;1-3-5-6-7-8-11-9(10)4-2/h2,4-7H2,1,3H3;4H,2-3,5-8H2,1H3. The lowest BCUT2D eigenvalue weighted by Crippen LogP contribution is -2.05. The first-order valence-electron chi connectivity index (χ1n) is 8.11. The summed E-state index contributed by atoms with van der Waals surface area (Å²) in [5.74, 6) is -0.595. The molecule has 0 unspecified atom stereocenters. The van der Waals surface area contributed by atoms with E-state index in [9.17, 15) is 9.59 Å². The Morgan fingerprint density at radius 1 is 0.909 bits per heavy atom. The van der Waals surface area contributed by atoms with E-state index in [1.54, 1.807) is 6.92 Å². The number of ether oxygens (including phenoxy) is 2. The lowest BCUT2D eigenvalue weighted by molar-refractivity contribution is -0.139. The minimum absolute atomic E-state index is 0.277. The zero-order valence-corrected chi connectivity index (χ0v) is 14.5. The van der Waals surface area contributed by atoms with Gasteiger partial charge in [-0.15, -0.1) is 0 Å². The van der Waals surface area contributed by atoms with E-state index in [0.29, 0.717) is 18.8 Å². The van der Waals surface area contributed by atoms with Crippen LogP contribution in [0.15, 0.2) is 24.8 Å². The highest BCUT2D eigenvalue weighted by atomic mass is 16.5. The molecule has 0 fully saturated rings. The molecule has 0 aromatic rings. The molecule has 0 radical (unpaired) electrons. The van der Waals surface area contributed by atoms with Crippen LogP contribution in [0.3, 0.4) is 0 Å². The average molecular weight is 312 g/mol. The van der Waals surface area contributed by atoms with Crippen molar-refractivity contribution in [3.63, 3.8) is 0 Å². The van der Waals surface area contributed by atoms with Crippen molar-refractivity contribution in [2.75, 3.05) is 13.2 Å². The summed E-state index contributed by atoms with van der Waals surface area (Å²) < 4.78 is 9.65. The molecule has 0 saturated carbocycles. The topological polar surface area (TPSA) is 52.6 Å². The van der Waals surface area contributed by atoms with E-state index in [1.165, 1.54) is 18.9 Å². The normalized spacial score (nSPS) is 9.23. The van der Waals surface area contributed by atoms with Crippen LogP contribution in [0.25, 0.3) is 0 Å². The molecule has 4 heteroatoms. The van der Waals surface area contributed by atoms with E-state index >= 15 is 0 Å². The maximum atomic E-state index is 10.8. The number of rotatable bonds is 11. The second-order valence-corrected chi connectivity index (χ2v) is 5.06. The van der Waals surface area contributed by atoms with Crippen molar-refractivity contribution in [3.05, 3.63) is 24.8 Å². The molecule has 128 valence electrons. The van der Waals surface area contributed by atoms with Gasteiger partial charge in [0.25, 0.3) is 0 Å². The van der Waals surface area contributed by atoms with Gasteiger partial charge in [-0.05, 0) is 19.8 Å². The fourth-order valence-corrected chi connectivity index (χ4v) is 1.40. The summed E-state index contributed by atoms with van der Waals surface area (Å²) in [7, 11) is 0. The highest BCUT2D eigenvalue weighted by molar-refractivity contribution is 5.86. The third-order valence-electron chi connectivity index (χ3n) is 2.74. The molecule has 0 rings (SSSR count). The lowest BCUT2D eigenvalue weighted by atomic mass is 10.2. The summed E-state index contributed by atoms with van der Waals surface area (Å²) in [6.07, 6.45) is 8.93. The minimum Gasteiger partial charge on any atom is -0.463 e. The first-order chi connectivity index (χ1) is 10.5. The Morgan fingerprint density at radius 2 is 1.41 bits per heavy atom. The SMILES string of the molecule is C=C(C)C(=O)OCCCCC.C=CC(=O)OCCCCCC. The van der Waals surface area contributed by atoms with E-state index in [1.807, 2.05) is 0 Å². The van der Waals surface area contributed by atoms with Gasteiger partial charge < -0.3 is 9.47 Å². The Balaban J connectivity index is 0. The molecule has 0 atom stereocenters. The van der Waals surface area contributed by atoms with E-state index < -0.39 is 0 Å². The molecule has 0 aromatic carbocycles. The van der Waals surface area contributed by atoms with E-state index in [4.69, 9.17) is 9.47 Å². The van der Waals surface area contributed by atoms with Gasteiger partial charge in [0, 0.05) is 11.6 Å². The molecule has 0 heterocycles. The molecule has 0 saturated heterocycles. The second-order valence-electron chi connectivity index (χ2n) is 5.06. The largest absolute Gasteiger partial charge is 0.463 e. The van der Waals surface area contributed by atoms with Gasteiger partial charge in [0.05, 0.1) is 13.2 Å². The van der Waals surface area contributed by atoms with Crippen molar-refractivity contribution in [3.8, 4) is 0 Å². The summed E-state index contributed by atoms with van der Waals surface area (Å²) in [6, 6.07) is 0. The number of unbranched alkanes of at least 4 members (excludes halogenated alkanes) is 5. The maximum Gasteiger partial charge on any atom is 0.333 e. The molecule has 22 heavy (non-hydrogen) atoms. The molecule has 4 nitrogen and oxygen atoms in total. The number of hydrogen-bond acceptors (Lipinski definition) is 4. The van der Waals surface area contributed by atoms with Gasteiger partial charge in [-0.1, -0.05) is 59.1 Å². The van der Waals surface area contributed by atoms with Gasteiger partial charge in [0.1, 0.15) is 0 Å². The predicted molar refractivity (Wildman–Crippen MR) is 90.6 cm³/mol. The Kier molecular flexibility index (Phi) is 18.0. The van der Waals surface area contributed by atoms with Crippen LogP contribution < -0.4 is 0 Å². The molecule has 0 aliphatic carbocycles. The minimum atomic E-state index is -0.318. The van der Waals surface area contributed by atoms with E-state index in [2.05, 4.69) is 27.0 Å². The van der Waals surface area contributed by atoms with E-state index in [-0.39, 0.29) is 11.9 Å². The Labute approximate surface area is 135 Å². The zero-order chi connectivity index (χ0) is 17.2. The lowest BCUT2D eigenvalue weighted by Gasteiger charge is -2.02. The van der Waals surface area contributed by atoms with Gasteiger partial charge in [0.2, 0.25) is 0 Å². The Bertz CT molecular complexity index is 319. The summed E-state index contributed by atoms with van der Waals surface area (Å²) in [4.78, 5) is 21.3. The highest BCUT2D eigenvalue weighted by Crippen LogP contribution is 1.99. The Morgan fingerprint density at radius 3 is 1.91 bits per heavy atom. The van der Waals surface area contributed by atoms with Crippen LogP contribution in [-0.2, 0) is 19.1 Å². The van der Waals surface area contributed by atoms with Crippen molar-refractivity contribution < 1.29 is 19.1 Å². The van der Waals surface area contributed by atoms with Gasteiger partial charge in [-0.3, -0.25) is 0 Å². The van der Waals surface area contributed by atoms with Crippen molar-refractivity contribution in [2.24, 2.45) is 0 Å². The molecular formula is C18H32O4. The second kappa shape index (κ2) is 17.5. The molecule has 0 aliphatic heterocycles. The summed E-state index contributed by atoms with van der Waals surface area (Å²) in [5.41, 5.74) is 0.474. The van der Waals surface area contributed by atoms with Crippen molar-refractivity contribution >= 4 is 11.9 Å². The van der Waals surface area contributed by atoms with Gasteiger partial charge in [-0.25, -0.2) is 9.59 Å². The van der Waals surface area contributed by atoms with Crippen LogP contribution in [0.2, 0.25) is 0 Å². The third kappa shape index (κ3) is 18.4. The zero-order valence-electron chi connectivity index (χ0n) is 14.5. The van der Waals surface area contributed by atoms with Crippen LogP contribution in [-0.4, -0.2) is 25.2 Å². The summed E-state index contributed by atoms with van der Waals surface area (Å²) in [6.45, 7) is 13.8. The first-order valence-corrected chi connectivity index (χ1v) is 8.11. The predicted octanol–water partition coefficient (Wildman–Crippen LogP) is 4.59. The van der Waals surface area contributed by atoms with Crippen molar-refractivity contribution in [1.29, 1.82) is 0 Å². The number of hydrogen-bond donors (Lipinski definition) is 0. The fraction of sp³-hybridized carbons (Fsp3) is 0.667. The van der Waals surface area contributed by atoms with Gasteiger partial charge in [-0.2, -0.15) is 0 Å². The Hall–Kier alpha value is -1.58. The van der Waals surface area contributed by atoms with Gasteiger partial charge >= 0.3 is 11.9 Å². The maximum absolute atomic E-state index is 10.8. The quantitative estimate of drug-likeness (QED) is 0.318. The summed E-state index contributed by atoms with van der Waals surface area (Å²) in [5, 5.41) is 0. The fourth-order valence-electron chi connectivity index (χ4n) is 1.40. The highest BCUT2D eigenvalue weighted by Gasteiger charge is 2.00. The number of carbonyl (C=O) groups excluding carboxylic acids is 2. The number of esters is 2. The third-order valence-corrected chi connectivity index (χ3v) is 2.74. The van der Waals surface area contributed by atoms with E-state index in [0.717, 1.165) is 32.1 Å².